The molecule has 0 saturated heterocycles. The Labute approximate surface area is 297 Å². The van der Waals surface area contributed by atoms with Gasteiger partial charge >= 0.3 is 0 Å². The Morgan fingerprint density at radius 3 is 1.73 bits per heavy atom. The predicted molar refractivity (Wildman–Crippen MR) is 214 cm³/mol. The molecule has 0 aliphatic heterocycles. The molecular formula is C48H34N2O. The molecule has 1 heterocycles. The van der Waals surface area contributed by atoms with Gasteiger partial charge in [0.1, 0.15) is 11.2 Å². The normalized spacial score (nSPS) is 11.1. The van der Waals surface area contributed by atoms with Crippen LogP contribution in [0.2, 0.25) is 0 Å². The van der Waals surface area contributed by atoms with Crippen molar-refractivity contribution < 1.29 is 4.42 Å². The standard InChI is InChI=1S/C48H34N2O/c1-3-13-34(14-4-1)35-25-29-39(30-26-35)50(40-31-27-38(28-32-40)49-45-22-9-7-19-42(45)36-15-5-2-6-16-36)41-18-11-17-37(33-41)43-21-12-24-47-48(43)44-20-8-10-23-46(44)51-47/h1-33,49H. The lowest BCUT2D eigenvalue weighted by molar-refractivity contribution is 0.669. The van der Waals surface area contributed by atoms with Crippen LogP contribution in [0.5, 0.6) is 0 Å². The van der Waals surface area contributed by atoms with Crippen LogP contribution in [0.4, 0.5) is 28.4 Å². The van der Waals surface area contributed by atoms with Crippen molar-refractivity contribution in [2.24, 2.45) is 0 Å². The van der Waals surface area contributed by atoms with Crippen LogP contribution in [-0.4, -0.2) is 0 Å². The molecule has 0 spiro atoms. The number of nitrogens with one attached hydrogen (secondary N) is 1. The molecule has 0 aliphatic rings. The fourth-order valence-corrected chi connectivity index (χ4v) is 7.02. The van der Waals surface area contributed by atoms with Crippen LogP contribution in [0, 0.1) is 0 Å². The first-order chi connectivity index (χ1) is 25.3. The van der Waals surface area contributed by atoms with Crippen molar-refractivity contribution in [3.8, 4) is 33.4 Å². The Balaban J connectivity index is 1.12. The van der Waals surface area contributed by atoms with Crippen molar-refractivity contribution in [2.75, 3.05) is 10.2 Å². The third-order valence-corrected chi connectivity index (χ3v) is 9.47. The fraction of sp³-hybridized carbons (Fsp3) is 0. The molecule has 0 amide bonds. The van der Waals surface area contributed by atoms with E-state index in [1.807, 2.05) is 12.1 Å². The molecule has 0 radical (unpaired) electrons. The van der Waals surface area contributed by atoms with Crippen molar-refractivity contribution >= 4 is 50.4 Å². The molecule has 8 aromatic carbocycles. The minimum atomic E-state index is 0.893. The Bertz CT molecular complexity index is 2590. The average Bonchev–Trinajstić information content (AvgIpc) is 3.59. The quantitative estimate of drug-likeness (QED) is 0.177. The largest absolute Gasteiger partial charge is 0.456 e. The van der Waals surface area contributed by atoms with E-state index in [1.165, 1.54) is 22.3 Å². The lowest BCUT2D eigenvalue weighted by atomic mass is 9.98. The van der Waals surface area contributed by atoms with Gasteiger partial charge in [0.25, 0.3) is 0 Å². The Hall–Kier alpha value is -6.84. The summed E-state index contributed by atoms with van der Waals surface area (Å²) in [4.78, 5) is 2.33. The number of para-hydroxylation sites is 2. The van der Waals surface area contributed by atoms with Gasteiger partial charge in [0, 0.05) is 44.8 Å². The fourth-order valence-electron chi connectivity index (χ4n) is 7.02. The van der Waals surface area contributed by atoms with Crippen molar-refractivity contribution in [1.82, 2.24) is 0 Å². The molecule has 242 valence electrons. The molecule has 0 fully saturated rings. The average molecular weight is 655 g/mol. The Morgan fingerprint density at radius 1 is 0.373 bits per heavy atom. The lowest BCUT2D eigenvalue weighted by Gasteiger charge is -2.26. The van der Waals surface area contributed by atoms with Crippen LogP contribution in [0.3, 0.4) is 0 Å². The highest BCUT2D eigenvalue weighted by Gasteiger charge is 2.17. The van der Waals surface area contributed by atoms with Crippen molar-refractivity contribution in [3.63, 3.8) is 0 Å². The molecule has 3 heteroatoms. The number of hydrogen-bond donors (Lipinski definition) is 1. The molecular weight excluding hydrogens is 621 g/mol. The van der Waals surface area contributed by atoms with E-state index in [0.29, 0.717) is 0 Å². The van der Waals surface area contributed by atoms with Gasteiger partial charge in [-0.05, 0) is 94.5 Å². The highest BCUT2D eigenvalue weighted by molar-refractivity contribution is 6.12. The van der Waals surface area contributed by atoms with E-state index >= 15 is 0 Å². The summed E-state index contributed by atoms with van der Waals surface area (Å²) in [6.45, 7) is 0. The highest BCUT2D eigenvalue weighted by atomic mass is 16.3. The Morgan fingerprint density at radius 2 is 0.941 bits per heavy atom. The molecule has 0 unspecified atom stereocenters. The maximum Gasteiger partial charge on any atom is 0.136 e. The second kappa shape index (κ2) is 13.2. The molecule has 9 rings (SSSR count). The molecule has 9 aromatic rings. The molecule has 1 N–H and O–H groups in total. The van der Waals surface area contributed by atoms with Crippen LogP contribution in [-0.2, 0) is 0 Å². The van der Waals surface area contributed by atoms with Crippen molar-refractivity contribution in [2.45, 2.75) is 0 Å². The summed E-state index contributed by atoms with van der Waals surface area (Å²) in [6.07, 6.45) is 0. The van der Waals surface area contributed by atoms with E-state index in [2.05, 4.69) is 198 Å². The second-order valence-electron chi connectivity index (χ2n) is 12.7. The van der Waals surface area contributed by atoms with E-state index in [-0.39, 0.29) is 0 Å². The van der Waals surface area contributed by atoms with Crippen molar-refractivity contribution in [3.05, 3.63) is 200 Å². The molecule has 51 heavy (non-hydrogen) atoms. The SMILES string of the molecule is c1ccc(-c2ccc(N(c3ccc(Nc4ccccc4-c4ccccc4)cc3)c3cccc(-c4cccc5oc6ccccc6c45)c3)cc2)cc1. The van der Waals surface area contributed by atoms with Crippen molar-refractivity contribution in [1.29, 1.82) is 0 Å². The zero-order chi connectivity index (χ0) is 34.0. The summed E-state index contributed by atoms with van der Waals surface area (Å²) in [5.41, 5.74) is 14.1. The van der Waals surface area contributed by atoms with E-state index < -0.39 is 0 Å². The van der Waals surface area contributed by atoms with Crippen LogP contribution in [0.1, 0.15) is 0 Å². The maximum atomic E-state index is 6.25. The first-order valence-electron chi connectivity index (χ1n) is 17.3. The topological polar surface area (TPSA) is 28.4 Å². The summed E-state index contributed by atoms with van der Waals surface area (Å²) in [6, 6.07) is 70.4. The number of rotatable bonds is 8. The van der Waals surface area contributed by atoms with Gasteiger partial charge in [-0.25, -0.2) is 0 Å². The van der Waals surface area contributed by atoms with E-state index in [9.17, 15) is 0 Å². The summed E-state index contributed by atoms with van der Waals surface area (Å²) in [5.74, 6) is 0. The zero-order valence-electron chi connectivity index (χ0n) is 27.9. The minimum Gasteiger partial charge on any atom is -0.456 e. The minimum absolute atomic E-state index is 0.893. The van der Waals surface area contributed by atoms with Gasteiger partial charge in [0.15, 0.2) is 0 Å². The molecule has 3 nitrogen and oxygen atoms in total. The number of hydrogen-bond acceptors (Lipinski definition) is 3. The van der Waals surface area contributed by atoms with Gasteiger partial charge in [-0.15, -0.1) is 0 Å². The number of fused-ring (bicyclic) bond motifs is 3. The molecule has 0 aliphatic carbocycles. The maximum absolute atomic E-state index is 6.25. The van der Waals surface area contributed by atoms with Gasteiger partial charge in [0.2, 0.25) is 0 Å². The zero-order valence-corrected chi connectivity index (χ0v) is 27.9. The number of nitrogens with zero attached hydrogens (tertiary/aromatic N) is 1. The third-order valence-electron chi connectivity index (χ3n) is 9.47. The first-order valence-corrected chi connectivity index (χ1v) is 17.3. The van der Waals surface area contributed by atoms with Crippen LogP contribution in [0.15, 0.2) is 205 Å². The number of benzene rings is 8. The van der Waals surface area contributed by atoms with Gasteiger partial charge < -0.3 is 14.6 Å². The van der Waals surface area contributed by atoms with E-state index in [0.717, 1.165) is 61.5 Å². The second-order valence-corrected chi connectivity index (χ2v) is 12.7. The van der Waals surface area contributed by atoms with E-state index in [1.54, 1.807) is 0 Å². The summed E-state index contributed by atoms with van der Waals surface area (Å²) in [7, 11) is 0. The third kappa shape index (κ3) is 5.92. The van der Waals surface area contributed by atoms with Gasteiger partial charge in [0.05, 0.1) is 0 Å². The van der Waals surface area contributed by atoms with Crippen LogP contribution >= 0.6 is 0 Å². The molecule has 0 saturated carbocycles. The van der Waals surface area contributed by atoms with Gasteiger partial charge in [-0.3, -0.25) is 0 Å². The molecule has 0 atom stereocenters. The number of anilines is 5. The Kier molecular flexibility index (Phi) is 7.84. The smallest absolute Gasteiger partial charge is 0.136 e. The summed E-state index contributed by atoms with van der Waals surface area (Å²) >= 11 is 0. The van der Waals surface area contributed by atoms with Gasteiger partial charge in [-0.2, -0.15) is 0 Å². The monoisotopic (exact) mass is 654 g/mol. The van der Waals surface area contributed by atoms with Gasteiger partial charge in [-0.1, -0.05) is 133 Å². The lowest BCUT2D eigenvalue weighted by Crippen LogP contribution is -2.10. The predicted octanol–water partition coefficient (Wildman–Crippen LogP) is 13.8. The number of furan rings is 1. The summed E-state index contributed by atoms with van der Waals surface area (Å²) in [5, 5.41) is 5.93. The van der Waals surface area contributed by atoms with Crippen LogP contribution < -0.4 is 10.2 Å². The first kappa shape index (κ1) is 30.2. The molecule has 1 aromatic heterocycles. The highest BCUT2D eigenvalue weighted by Crippen LogP contribution is 2.41. The van der Waals surface area contributed by atoms with Crippen LogP contribution in [0.25, 0.3) is 55.3 Å². The van der Waals surface area contributed by atoms with E-state index in [4.69, 9.17) is 4.42 Å². The summed E-state index contributed by atoms with van der Waals surface area (Å²) < 4.78 is 6.25. The molecule has 0 bridgehead atoms.